The maximum atomic E-state index is 12.9. The van der Waals surface area contributed by atoms with E-state index in [1.165, 1.54) is 5.01 Å². The van der Waals surface area contributed by atoms with Crippen molar-refractivity contribution in [1.82, 2.24) is 10.4 Å². The van der Waals surface area contributed by atoms with Gasteiger partial charge in [-0.1, -0.05) is 37.0 Å². The molecule has 0 spiro atoms. The van der Waals surface area contributed by atoms with Crippen LogP contribution in [0.3, 0.4) is 0 Å². The van der Waals surface area contributed by atoms with Gasteiger partial charge in [0.1, 0.15) is 11.9 Å². The van der Waals surface area contributed by atoms with E-state index < -0.39 is 12.1 Å². The lowest BCUT2D eigenvalue weighted by molar-refractivity contribution is -0.128. The first kappa shape index (κ1) is 19.3. The summed E-state index contributed by atoms with van der Waals surface area (Å²) in [6.07, 6.45) is -0.398. The van der Waals surface area contributed by atoms with Crippen molar-refractivity contribution in [2.45, 2.75) is 20.0 Å². The van der Waals surface area contributed by atoms with Crippen LogP contribution >= 0.6 is 23.2 Å². The zero-order chi connectivity index (χ0) is 19.6. The van der Waals surface area contributed by atoms with Crippen molar-refractivity contribution in [3.63, 3.8) is 0 Å². The molecule has 0 bridgehead atoms. The Balaban J connectivity index is 1.72. The second kappa shape index (κ2) is 8.06. The molecule has 0 radical (unpaired) electrons. The Morgan fingerprint density at radius 1 is 1.19 bits per heavy atom. The van der Waals surface area contributed by atoms with Crippen molar-refractivity contribution in [2.75, 3.05) is 11.9 Å². The summed E-state index contributed by atoms with van der Waals surface area (Å²) in [6.45, 7) is 3.67. The third kappa shape index (κ3) is 4.46. The van der Waals surface area contributed by atoms with Crippen LogP contribution in [-0.4, -0.2) is 29.6 Å². The van der Waals surface area contributed by atoms with E-state index >= 15 is 0 Å². The van der Waals surface area contributed by atoms with Crippen molar-refractivity contribution < 1.29 is 14.3 Å². The first-order chi connectivity index (χ1) is 12.8. The van der Waals surface area contributed by atoms with Crippen molar-refractivity contribution in [3.05, 3.63) is 58.1 Å². The Morgan fingerprint density at radius 3 is 2.52 bits per heavy atom. The monoisotopic (exact) mass is 407 g/mol. The van der Waals surface area contributed by atoms with Crippen molar-refractivity contribution in [3.8, 4) is 5.75 Å². The number of amides is 2. The molecule has 2 aromatic rings. The van der Waals surface area contributed by atoms with Crippen LogP contribution in [0.25, 0.3) is 0 Å². The number of anilines is 1. The van der Waals surface area contributed by atoms with Crippen LogP contribution in [0.4, 0.5) is 5.69 Å². The first-order valence-corrected chi connectivity index (χ1v) is 9.18. The molecule has 142 valence electrons. The van der Waals surface area contributed by atoms with Gasteiger partial charge in [0, 0.05) is 15.7 Å². The number of halogens is 2. The topological polar surface area (TPSA) is 70.7 Å². The fourth-order valence-electron chi connectivity index (χ4n) is 2.73. The summed E-state index contributed by atoms with van der Waals surface area (Å²) in [5, 5.41) is 5.58. The zero-order valence-electron chi connectivity index (χ0n) is 14.8. The molecule has 0 fully saturated rings. The van der Waals surface area contributed by atoms with E-state index in [-0.39, 0.29) is 18.4 Å². The van der Waals surface area contributed by atoms with Gasteiger partial charge in [0.2, 0.25) is 0 Å². The molecule has 1 atom stereocenters. The number of hydrazine groups is 1. The number of nitrogens with zero attached hydrogens (tertiary/aromatic N) is 1. The van der Waals surface area contributed by atoms with Crippen LogP contribution in [0, 0.1) is 5.92 Å². The van der Waals surface area contributed by atoms with E-state index in [0.717, 1.165) is 0 Å². The second-order valence-corrected chi connectivity index (χ2v) is 7.35. The molecular formula is C19H19Cl2N3O3. The highest BCUT2D eigenvalue weighted by Gasteiger charge is 2.35. The average Bonchev–Trinajstić information content (AvgIpc) is 2.63. The van der Waals surface area contributed by atoms with Crippen molar-refractivity contribution in [2.24, 2.45) is 5.92 Å². The molecule has 3 rings (SSSR count). The second-order valence-electron chi connectivity index (χ2n) is 6.48. The predicted molar refractivity (Wildman–Crippen MR) is 105 cm³/mol. The van der Waals surface area contributed by atoms with Crippen LogP contribution in [0.5, 0.6) is 5.75 Å². The molecule has 2 N–H and O–H groups in total. The fourth-order valence-corrected chi connectivity index (χ4v) is 3.03. The Morgan fingerprint density at radius 2 is 1.85 bits per heavy atom. The van der Waals surface area contributed by atoms with Crippen LogP contribution in [-0.2, 0) is 4.79 Å². The predicted octanol–water partition coefficient (Wildman–Crippen LogP) is 3.95. The number of rotatable bonds is 5. The minimum atomic E-state index is -0.448. The molecule has 2 amide bonds. The van der Waals surface area contributed by atoms with E-state index in [4.69, 9.17) is 27.9 Å². The molecule has 1 aliphatic rings. The first-order valence-electron chi connectivity index (χ1n) is 8.42. The molecule has 0 aliphatic carbocycles. The van der Waals surface area contributed by atoms with Gasteiger partial charge in [0.05, 0.1) is 5.56 Å². The average molecular weight is 408 g/mol. The van der Waals surface area contributed by atoms with Gasteiger partial charge in [-0.2, -0.15) is 0 Å². The summed E-state index contributed by atoms with van der Waals surface area (Å²) in [5.74, 6) is -0.216. The molecule has 0 saturated heterocycles. The Labute approximate surface area is 167 Å². The van der Waals surface area contributed by atoms with Gasteiger partial charge in [0.15, 0.2) is 6.61 Å². The largest absolute Gasteiger partial charge is 0.484 e. The fraction of sp³-hybridized carbons (Fsp3) is 0.263. The summed E-state index contributed by atoms with van der Waals surface area (Å²) in [6, 6.07) is 11.7. The molecule has 1 aliphatic heterocycles. The lowest BCUT2D eigenvalue weighted by Gasteiger charge is -2.39. The third-order valence-electron chi connectivity index (χ3n) is 4.07. The molecule has 1 unspecified atom stereocenters. The highest BCUT2D eigenvalue weighted by atomic mass is 35.5. The molecule has 1 heterocycles. The number of nitrogens with one attached hydrogen (secondary N) is 2. The molecule has 0 saturated carbocycles. The minimum Gasteiger partial charge on any atom is -0.484 e. The van der Waals surface area contributed by atoms with Crippen molar-refractivity contribution in [1.29, 1.82) is 0 Å². The van der Waals surface area contributed by atoms with Gasteiger partial charge in [-0.15, -0.1) is 0 Å². The lowest BCUT2D eigenvalue weighted by atomic mass is 10.0. The van der Waals surface area contributed by atoms with Gasteiger partial charge < -0.3 is 10.1 Å². The van der Waals surface area contributed by atoms with Crippen LogP contribution in [0.2, 0.25) is 10.0 Å². The van der Waals surface area contributed by atoms with Gasteiger partial charge in [-0.25, -0.2) is 5.01 Å². The smallest absolute Gasteiger partial charge is 0.276 e. The van der Waals surface area contributed by atoms with E-state index in [0.29, 0.717) is 27.0 Å². The number of carbonyl (C=O) groups is 2. The number of hydrogen-bond donors (Lipinski definition) is 2. The number of ether oxygens (including phenoxy) is 1. The van der Waals surface area contributed by atoms with Gasteiger partial charge >= 0.3 is 0 Å². The summed E-state index contributed by atoms with van der Waals surface area (Å²) < 4.78 is 5.43. The summed E-state index contributed by atoms with van der Waals surface area (Å²) in [5.41, 5.74) is 3.72. The SMILES string of the molecule is CC(C)C1Nc2ccc(Cl)cc2C(=O)N1NC(=O)COc1ccc(Cl)cc1. The molecule has 27 heavy (non-hydrogen) atoms. The van der Waals surface area contributed by atoms with Crippen LogP contribution in [0.1, 0.15) is 24.2 Å². The van der Waals surface area contributed by atoms with E-state index in [9.17, 15) is 9.59 Å². The van der Waals surface area contributed by atoms with Gasteiger partial charge in [-0.3, -0.25) is 15.0 Å². The maximum absolute atomic E-state index is 12.9. The molecule has 8 heteroatoms. The van der Waals surface area contributed by atoms with Crippen molar-refractivity contribution >= 4 is 40.7 Å². The highest BCUT2D eigenvalue weighted by molar-refractivity contribution is 6.31. The van der Waals surface area contributed by atoms with E-state index in [2.05, 4.69) is 10.7 Å². The number of carbonyl (C=O) groups excluding carboxylic acids is 2. The number of hydrogen-bond acceptors (Lipinski definition) is 4. The number of benzene rings is 2. The van der Waals surface area contributed by atoms with Gasteiger partial charge in [-0.05, 0) is 48.4 Å². The highest BCUT2D eigenvalue weighted by Crippen LogP contribution is 2.29. The minimum absolute atomic E-state index is 0.0512. The standard InChI is InChI=1S/C19H19Cl2N3O3/c1-11(2)18-22-16-8-5-13(21)9-15(16)19(26)24(18)23-17(25)10-27-14-6-3-12(20)4-7-14/h3-9,11,18,22H,10H2,1-2H3,(H,23,25). The molecule has 2 aromatic carbocycles. The summed E-state index contributed by atoms with van der Waals surface area (Å²) in [7, 11) is 0. The zero-order valence-corrected chi connectivity index (χ0v) is 16.3. The third-order valence-corrected chi connectivity index (χ3v) is 4.56. The quantitative estimate of drug-likeness (QED) is 0.786. The molecule has 6 nitrogen and oxygen atoms in total. The Kier molecular flexibility index (Phi) is 5.77. The van der Waals surface area contributed by atoms with Crippen LogP contribution in [0.15, 0.2) is 42.5 Å². The van der Waals surface area contributed by atoms with E-state index in [1.54, 1.807) is 42.5 Å². The maximum Gasteiger partial charge on any atom is 0.276 e. The normalized spacial score (nSPS) is 16.0. The van der Waals surface area contributed by atoms with Crippen LogP contribution < -0.4 is 15.5 Å². The Bertz CT molecular complexity index is 856. The summed E-state index contributed by atoms with van der Waals surface area (Å²) >= 11 is 11.8. The Hall–Kier alpha value is -2.44. The van der Waals surface area contributed by atoms with Gasteiger partial charge in [0.25, 0.3) is 11.8 Å². The molecular weight excluding hydrogens is 389 g/mol. The molecule has 0 aromatic heterocycles. The lowest BCUT2D eigenvalue weighted by Crippen LogP contribution is -2.59. The number of fused-ring (bicyclic) bond motifs is 1. The summed E-state index contributed by atoms with van der Waals surface area (Å²) in [4.78, 5) is 25.2. The van der Waals surface area contributed by atoms with E-state index in [1.807, 2.05) is 13.8 Å².